The molecule has 0 aliphatic rings. The third-order valence-electron chi connectivity index (χ3n) is 0.706. The van der Waals surface area contributed by atoms with E-state index in [0.29, 0.717) is 0 Å². The van der Waals surface area contributed by atoms with Gasteiger partial charge in [0, 0.05) is 0 Å². The van der Waals surface area contributed by atoms with E-state index in [-0.39, 0.29) is 10.7 Å². The summed E-state index contributed by atoms with van der Waals surface area (Å²) in [6.45, 7) is 1.52. The van der Waals surface area contributed by atoms with Crippen LogP contribution >= 0.6 is 30.8 Å². The maximum Gasteiger partial charge on any atom is 0.375 e. The highest BCUT2D eigenvalue weighted by Crippen LogP contribution is 2.41. The fourth-order valence-corrected chi connectivity index (χ4v) is 0.829. The van der Waals surface area contributed by atoms with Crippen LogP contribution in [0.4, 0.5) is 0 Å². The molecular weight excluding hydrogens is 198 g/mol. The first-order valence-electron chi connectivity index (χ1n) is 2.49. The van der Waals surface area contributed by atoms with Crippen LogP contribution in [0, 0.1) is 0 Å². The Morgan fingerprint density at radius 1 is 1.80 bits per heavy atom. The number of halogens is 2. The van der Waals surface area contributed by atoms with E-state index in [4.69, 9.17) is 28.1 Å². The first-order valence-corrected chi connectivity index (χ1v) is 5.01. The van der Waals surface area contributed by atoms with Gasteiger partial charge >= 0.3 is 7.60 Å². The van der Waals surface area contributed by atoms with E-state index in [1.165, 1.54) is 6.92 Å². The molecule has 0 aliphatic heterocycles. The van der Waals surface area contributed by atoms with Crippen molar-refractivity contribution in [1.82, 2.24) is 0 Å². The average Bonchev–Trinajstić information content (AvgIpc) is 1.85. The highest BCUT2D eigenvalue weighted by atomic mass is 35.5. The minimum atomic E-state index is -3.47. The maximum absolute atomic E-state index is 10.7. The van der Waals surface area contributed by atoms with Gasteiger partial charge in [0.15, 0.2) is 0 Å². The molecule has 0 amide bonds. The predicted molar refractivity (Wildman–Crippen MR) is 41.2 cm³/mol. The molecule has 0 radical (unpaired) electrons. The van der Waals surface area contributed by atoms with Crippen molar-refractivity contribution in [3.63, 3.8) is 0 Å². The Morgan fingerprint density at radius 2 is 2.30 bits per heavy atom. The largest absolute Gasteiger partial charge is 0.430 e. The molecule has 0 aromatic rings. The molecule has 0 bridgehead atoms. The Balaban J connectivity index is 3.92. The summed E-state index contributed by atoms with van der Waals surface area (Å²) < 4.78 is 14.8. The summed E-state index contributed by atoms with van der Waals surface area (Å²) in [4.78, 5) is 8.74. The van der Waals surface area contributed by atoms with Gasteiger partial charge in [-0.25, -0.2) is 4.57 Å². The summed E-state index contributed by atoms with van der Waals surface area (Å²) in [5.74, 6) is 0. The van der Waals surface area contributed by atoms with E-state index >= 15 is 0 Å². The molecule has 0 aromatic carbocycles. The SMILES string of the molecule is CCP(=O)(O)OC=C(Cl)Cl. The van der Waals surface area contributed by atoms with Crippen LogP contribution in [0.3, 0.4) is 0 Å². The van der Waals surface area contributed by atoms with E-state index in [1.807, 2.05) is 0 Å². The van der Waals surface area contributed by atoms with Crippen molar-refractivity contribution < 1.29 is 14.0 Å². The van der Waals surface area contributed by atoms with Crippen molar-refractivity contribution in [2.75, 3.05) is 6.16 Å². The second-order valence-electron chi connectivity index (χ2n) is 1.47. The van der Waals surface area contributed by atoms with E-state index in [9.17, 15) is 4.57 Å². The third kappa shape index (κ3) is 5.12. The summed E-state index contributed by atoms with van der Waals surface area (Å²) in [6.07, 6.45) is 0.873. The van der Waals surface area contributed by atoms with E-state index in [2.05, 4.69) is 4.52 Å². The second-order valence-corrected chi connectivity index (χ2v) is 4.59. The quantitative estimate of drug-likeness (QED) is 0.568. The molecule has 0 aromatic heterocycles. The fourth-order valence-electron chi connectivity index (χ4n) is 0.197. The Morgan fingerprint density at radius 3 is 2.60 bits per heavy atom. The summed E-state index contributed by atoms with van der Waals surface area (Å²) in [6, 6.07) is 0. The zero-order valence-electron chi connectivity index (χ0n) is 5.25. The molecule has 0 spiro atoms. The Kier molecular flexibility index (Phi) is 4.37. The zero-order chi connectivity index (χ0) is 8.20. The molecule has 0 aliphatic carbocycles. The molecule has 10 heavy (non-hydrogen) atoms. The lowest BCUT2D eigenvalue weighted by molar-refractivity contribution is 0.349. The molecule has 0 saturated carbocycles. The van der Waals surface area contributed by atoms with Crippen LogP contribution in [0.5, 0.6) is 0 Å². The first kappa shape index (κ1) is 10.3. The lowest BCUT2D eigenvalue weighted by atomic mass is 11.0. The predicted octanol–water partition coefficient (Wildman–Crippen LogP) is 2.48. The summed E-state index contributed by atoms with van der Waals surface area (Å²) in [5, 5.41) is 0. The normalized spacial score (nSPS) is 15.6. The van der Waals surface area contributed by atoms with Crippen LogP contribution in [-0.4, -0.2) is 11.1 Å². The average molecular weight is 205 g/mol. The van der Waals surface area contributed by atoms with Crippen LogP contribution in [0.15, 0.2) is 10.8 Å². The standard InChI is InChI=1S/C4H7Cl2O3P/c1-2-10(7,8)9-3-4(5)6/h3H,2H2,1H3,(H,7,8). The molecule has 1 unspecified atom stereocenters. The van der Waals surface area contributed by atoms with Crippen molar-refractivity contribution in [3.8, 4) is 0 Å². The topological polar surface area (TPSA) is 46.5 Å². The van der Waals surface area contributed by atoms with E-state index in [1.54, 1.807) is 0 Å². The van der Waals surface area contributed by atoms with Crippen molar-refractivity contribution >= 4 is 30.8 Å². The van der Waals surface area contributed by atoms with Crippen molar-refractivity contribution in [2.24, 2.45) is 0 Å². The minimum absolute atomic E-state index is 0.0323. The monoisotopic (exact) mass is 204 g/mol. The van der Waals surface area contributed by atoms with Gasteiger partial charge in [-0.15, -0.1) is 0 Å². The lowest BCUT2D eigenvalue weighted by Gasteiger charge is -2.05. The van der Waals surface area contributed by atoms with Gasteiger partial charge in [0.05, 0.1) is 6.16 Å². The Labute approximate surface area is 69.1 Å². The molecule has 3 nitrogen and oxygen atoms in total. The van der Waals surface area contributed by atoms with Gasteiger partial charge in [0.1, 0.15) is 10.8 Å². The molecule has 1 N–H and O–H groups in total. The molecule has 1 atom stereocenters. The third-order valence-corrected chi connectivity index (χ3v) is 2.12. The Bertz CT molecular complexity index is 175. The molecule has 0 fully saturated rings. The highest BCUT2D eigenvalue weighted by molar-refractivity contribution is 7.52. The summed E-state index contributed by atoms with van der Waals surface area (Å²) in [7, 11) is -3.47. The molecule has 60 valence electrons. The second kappa shape index (κ2) is 4.24. The van der Waals surface area contributed by atoms with E-state index in [0.717, 1.165) is 6.26 Å². The smallest absolute Gasteiger partial charge is 0.375 e. The summed E-state index contributed by atoms with van der Waals surface area (Å²) in [5.41, 5.74) is 0. The molecule has 0 heterocycles. The Hall–Kier alpha value is 0.310. The van der Waals surface area contributed by atoms with Gasteiger partial charge in [0.25, 0.3) is 0 Å². The van der Waals surface area contributed by atoms with Crippen LogP contribution in [0.2, 0.25) is 0 Å². The van der Waals surface area contributed by atoms with Crippen molar-refractivity contribution in [3.05, 3.63) is 10.8 Å². The fraction of sp³-hybridized carbons (Fsp3) is 0.500. The van der Waals surface area contributed by atoms with Crippen LogP contribution in [-0.2, 0) is 9.09 Å². The van der Waals surface area contributed by atoms with Crippen LogP contribution < -0.4 is 0 Å². The van der Waals surface area contributed by atoms with E-state index < -0.39 is 7.60 Å². The van der Waals surface area contributed by atoms with Crippen molar-refractivity contribution in [2.45, 2.75) is 6.92 Å². The van der Waals surface area contributed by atoms with Gasteiger partial charge in [-0.1, -0.05) is 30.1 Å². The lowest BCUT2D eigenvalue weighted by Crippen LogP contribution is -1.84. The van der Waals surface area contributed by atoms with Crippen LogP contribution in [0.25, 0.3) is 0 Å². The maximum atomic E-state index is 10.7. The number of rotatable bonds is 3. The van der Waals surface area contributed by atoms with Gasteiger partial charge in [-0.2, -0.15) is 0 Å². The van der Waals surface area contributed by atoms with Gasteiger partial charge in [-0.3, -0.25) is 0 Å². The van der Waals surface area contributed by atoms with Gasteiger partial charge in [0.2, 0.25) is 0 Å². The number of hydrogen-bond acceptors (Lipinski definition) is 2. The van der Waals surface area contributed by atoms with Gasteiger partial charge < -0.3 is 9.42 Å². The van der Waals surface area contributed by atoms with Gasteiger partial charge in [-0.05, 0) is 0 Å². The zero-order valence-corrected chi connectivity index (χ0v) is 7.66. The van der Waals surface area contributed by atoms with Crippen LogP contribution in [0.1, 0.15) is 6.92 Å². The molecular formula is C4H7Cl2O3P. The minimum Gasteiger partial charge on any atom is -0.430 e. The first-order chi connectivity index (χ1) is 4.48. The molecule has 0 saturated heterocycles. The summed E-state index contributed by atoms with van der Waals surface area (Å²) >= 11 is 10.2. The van der Waals surface area contributed by atoms with Crippen molar-refractivity contribution in [1.29, 1.82) is 0 Å². The molecule has 0 rings (SSSR count). The number of hydrogen-bond donors (Lipinski definition) is 1. The molecule has 6 heteroatoms. The highest BCUT2D eigenvalue weighted by Gasteiger charge is 2.14.